The normalized spacial score (nSPS) is 23.3. The second kappa shape index (κ2) is 3.79. The maximum Gasteiger partial charge on any atom is 0.0490 e. The number of nitrogens with one attached hydrogen (secondary N) is 1. The Balaban J connectivity index is 1.92. The van der Waals surface area contributed by atoms with E-state index in [4.69, 9.17) is 0 Å². The molecular formula is C11H16N2. The minimum absolute atomic E-state index is 0.830. The van der Waals surface area contributed by atoms with Crippen LogP contribution in [0, 0.1) is 5.92 Å². The first kappa shape index (κ1) is 8.57. The first-order valence-corrected chi connectivity index (χ1v) is 4.91. The lowest BCUT2D eigenvalue weighted by molar-refractivity contribution is 0.395. The molecule has 1 fully saturated rings. The van der Waals surface area contributed by atoms with Crippen LogP contribution in [0.25, 0.3) is 0 Å². The predicted molar refractivity (Wildman–Crippen MR) is 55.4 cm³/mol. The molecule has 1 aromatic carbocycles. The number of hydrogen-bond acceptors (Lipinski definition) is 2. The van der Waals surface area contributed by atoms with Crippen LogP contribution in [0.5, 0.6) is 0 Å². The second-order valence-corrected chi connectivity index (χ2v) is 3.82. The van der Waals surface area contributed by atoms with E-state index in [9.17, 15) is 0 Å². The molecule has 13 heavy (non-hydrogen) atoms. The molecule has 0 bridgehead atoms. The fraction of sp³-hybridized carbons (Fsp3) is 0.455. The van der Waals surface area contributed by atoms with Gasteiger partial charge in [-0.3, -0.25) is 0 Å². The van der Waals surface area contributed by atoms with Crippen LogP contribution in [0.1, 0.15) is 13.3 Å². The van der Waals surface area contributed by atoms with Crippen molar-refractivity contribution in [2.75, 3.05) is 18.5 Å². The Morgan fingerprint density at radius 1 is 1.31 bits per heavy atom. The summed E-state index contributed by atoms with van der Waals surface area (Å²) < 4.78 is 0. The summed E-state index contributed by atoms with van der Waals surface area (Å²) in [5.74, 6) is 0.830. The Morgan fingerprint density at radius 3 is 2.69 bits per heavy atom. The summed E-state index contributed by atoms with van der Waals surface area (Å²) in [7, 11) is 0. The summed E-state index contributed by atoms with van der Waals surface area (Å²) in [6, 6.07) is 10.4. The molecule has 0 amide bonds. The van der Waals surface area contributed by atoms with Crippen molar-refractivity contribution >= 4 is 5.69 Å². The topological polar surface area (TPSA) is 15.3 Å². The van der Waals surface area contributed by atoms with Crippen LogP contribution >= 0.6 is 0 Å². The first-order chi connectivity index (χ1) is 6.34. The average molecular weight is 176 g/mol. The minimum atomic E-state index is 0.830. The van der Waals surface area contributed by atoms with E-state index in [1.54, 1.807) is 0 Å². The highest BCUT2D eigenvalue weighted by atomic mass is 15.5. The molecule has 1 aliphatic rings. The van der Waals surface area contributed by atoms with Crippen LogP contribution in [-0.2, 0) is 0 Å². The van der Waals surface area contributed by atoms with Gasteiger partial charge in [-0.15, -0.1) is 0 Å². The van der Waals surface area contributed by atoms with Crippen molar-refractivity contribution < 1.29 is 0 Å². The zero-order chi connectivity index (χ0) is 9.10. The lowest BCUT2D eigenvalue weighted by Crippen LogP contribution is -2.26. The largest absolute Gasteiger partial charge is 0.319 e. The average Bonchev–Trinajstić information content (AvgIpc) is 2.53. The number of hydrazine groups is 1. The van der Waals surface area contributed by atoms with Gasteiger partial charge in [0.2, 0.25) is 0 Å². The van der Waals surface area contributed by atoms with Crippen LogP contribution in [0.2, 0.25) is 0 Å². The van der Waals surface area contributed by atoms with E-state index in [-0.39, 0.29) is 0 Å². The Kier molecular flexibility index (Phi) is 2.50. The molecule has 1 saturated heterocycles. The third-order valence-electron chi connectivity index (χ3n) is 2.48. The lowest BCUT2D eigenvalue weighted by atomic mass is 10.2. The molecular weight excluding hydrogens is 160 g/mol. The van der Waals surface area contributed by atoms with Crippen molar-refractivity contribution in [1.82, 2.24) is 5.01 Å². The van der Waals surface area contributed by atoms with Gasteiger partial charge in [0.15, 0.2) is 0 Å². The number of para-hydroxylation sites is 1. The Morgan fingerprint density at radius 2 is 2.08 bits per heavy atom. The van der Waals surface area contributed by atoms with Gasteiger partial charge in [0.25, 0.3) is 0 Å². The quantitative estimate of drug-likeness (QED) is 0.744. The molecule has 0 radical (unpaired) electrons. The summed E-state index contributed by atoms with van der Waals surface area (Å²) in [6.45, 7) is 4.62. The van der Waals surface area contributed by atoms with E-state index in [0.29, 0.717) is 0 Å². The van der Waals surface area contributed by atoms with Crippen LogP contribution in [0.3, 0.4) is 0 Å². The van der Waals surface area contributed by atoms with Crippen molar-refractivity contribution in [2.24, 2.45) is 5.92 Å². The van der Waals surface area contributed by atoms with Gasteiger partial charge in [-0.2, -0.15) is 0 Å². The molecule has 1 heterocycles. The third-order valence-corrected chi connectivity index (χ3v) is 2.48. The standard InChI is InChI=1S/C11H16N2/c1-10-7-8-13(9-10)12-11-5-3-2-4-6-11/h2-6,10,12H,7-9H2,1H3/t10-/m1/s1. The van der Waals surface area contributed by atoms with Crippen molar-refractivity contribution in [1.29, 1.82) is 0 Å². The van der Waals surface area contributed by atoms with Gasteiger partial charge in [-0.05, 0) is 24.5 Å². The molecule has 1 atom stereocenters. The first-order valence-electron chi connectivity index (χ1n) is 4.91. The van der Waals surface area contributed by atoms with Gasteiger partial charge in [-0.1, -0.05) is 25.1 Å². The fourth-order valence-corrected chi connectivity index (χ4v) is 1.73. The number of benzene rings is 1. The van der Waals surface area contributed by atoms with Gasteiger partial charge < -0.3 is 5.43 Å². The van der Waals surface area contributed by atoms with Crippen LogP contribution in [-0.4, -0.2) is 18.1 Å². The zero-order valence-corrected chi connectivity index (χ0v) is 8.03. The highest BCUT2D eigenvalue weighted by Crippen LogP contribution is 2.16. The van der Waals surface area contributed by atoms with Crippen LogP contribution < -0.4 is 5.43 Å². The van der Waals surface area contributed by atoms with E-state index in [2.05, 4.69) is 41.6 Å². The van der Waals surface area contributed by atoms with Gasteiger partial charge in [-0.25, -0.2) is 5.01 Å². The molecule has 0 spiro atoms. The highest BCUT2D eigenvalue weighted by Gasteiger charge is 2.17. The number of rotatable bonds is 2. The van der Waals surface area contributed by atoms with E-state index >= 15 is 0 Å². The Hall–Kier alpha value is -1.02. The highest BCUT2D eigenvalue weighted by molar-refractivity contribution is 5.41. The number of anilines is 1. The predicted octanol–water partition coefficient (Wildman–Crippen LogP) is 2.36. The fourth-order valence-electron chi connectivity index (χ4n) is 1.73. The number of hydrogen-bond donors (Lipinski definition) is 1. The summed E-state index contributed by atoms with van der Waals surface area (Å²) in [5, 5.41) is 2.29. The summed E-state index contributed by atoms with van der Waals surface area (Å²) in [5.41, 5.74) is 4.60. The molecule has 0 saturated carbocycles. The Labute approximate surface area is 79.5 Å². The zero-order valence-electron chi connectivity index (χ0n) is 8.03. The summed E-state index contributed by atoms with van der Waals surface area (Å²) in [4.78, 5) is 0. The molecule has 0 unspecified atom stereocenters. The van der Waals surface area contributed by atoms with Crippen LogP contribution in [0.15, 0.2) is 30.3 Å². The summed E-state index contributed by atoms with van der Waals surface area (Å²) >= 11 is 0. The maximum absolute atomic E-state index is 3.40. The Bertz CT molecular complexity index is 258. The van der Waals surface area contributed by atoms with Crippen molar-refractivity contribution in [3.63, 3.8) is 0 Å². The van der Waals surface area contributed by atoms with E-state index in [1.807, 2.05) is 6.07 Å². The molecule has 1 aromatic rings. The lowest BCUT2D eigenvalue weighted by Gasteiger charge is -2.17. The molecule has 70 valence electrons. The third kappa shape index (κ3) is 2.22. The molecule has 0 aromatic heterocycles. The SMILES string of the molecule is C[C@@H]1CCN(Nc2ccccc2)C1. The van der Waals surface area contributed by atoms with Crippen molar-refractivity contribution in [3.8, 4) is 0 Å². The second-order valence-electron chi connectivity index (χ2n) is 3.82. The van der Waals surface area contributed by atoms with Crippen LogP contribution in [0.4, 0.5) is 5.69 Å². The molecule has 1 aliphatic heterocycles. The molecule has 2 rings (SSSR count). The molecule has 0 aliphatic carbocycles. The van der Waals surface area contributed by atoms with Gasteiger partial charge >= 0.3 is 0 Å². The number of nitrogens with zero attached hydrogens (tertiary/aromatic N) is 1. The van der Waals surface area contributed by atoms with Crippen molar-refractivity contribution in [2.45, 2.75) is 13.3 Å². The van der Waals surface area contributed by atoms with E-state index < -0.39 is 0 Å². The monoisotopic (exact) mass is 176 g/mol. The molecule has 2 heteroatoms. The van der Waals surface area contributed by atoms with Gasteiger partial charge in [0, 0.05) is 18.8 Å². The molecule has 1 N–H and O–H groups in total. The molecule has 2 nitrogen and oxygen atoms in total. The summed E-state index contributed by atoms with van der Waals surface area (Å²) in [6.07, 6.45) is 1.31. The van der Waals surface area contributed by atoms with Gasteiger partial charge in [0.1, 0.15) is 0 Å². The van der Waals surface area contributed by atoms with E-state index in [0.717, 1.165) is 19.0 Å². The van der Waals surface area contributed by atoms with E-state index in [1.165, 1.54) is 12.1 Å². The maximum atomic E-state index is 3.40. The minimum Gasteiger partial charge on any atom is -0.319 e. The van der Waals surface area contributed by atoms with Gasteiger partial charge in [0.05, 0.1) is 0 Å². The van der Waals surface area contributed by atoms with Crippen molar-refractivity contribution in [3.05, 3.63) is 30.3 Å². The smallest absolute Gasteiger partial charge is 0.0490 e.